The van der Waals surface area contributed by atoms with Gasteiger partial charge in [-0.05, 0) is 38.0 Å². The molecule has 1 aromatic heterocycles. The number of carbonyl (C=O) groups is 1. The van der Waals surface area contributed by atoms with Gasteiger partial charge in [0.05, 0.1) is 6.20 Å². The van der Waals surface area contributed by atoms with E-state index in [0.717, 1.165) is 11.1 Å². The number of rotatable bonds is 7. The molecule has 0 aliphatic heterocycles. The third-order valence-corrected chi connectivity index (χ3v) is 4.99. The molecule has 3 aromatic rings. The molecule has 0 radical (unpaired) electrons. The minimum atomic E-state index is -0.0485. The number of carbonyl (C=O) groups excluding carboxylic acids is 1. The number of nitrogens with one attached hydrogen (secondary N) is 1. The fraction of sp³-hybridized carbons (Fsp3) is 0.273. The molecule has 0 bridgehead atoms. The third kappa shape index (κ3) is 5.60. The predicted octanol–water partition coefficient (Wildman–Crippen LogP) is 5.64. The highest BCUT2D eigenvalue weighted by Crippen LogP contribution is 2.23. The Balaban J connectivity index is 1.49. The van der Waals surface area contributed by atoms with Crippen LogP contribution in [-0.4, -0.2) is 16.9 Å². The van der Waals surface area contributed by atoms with Crippen molar-refractivity contribution < 1.29 is 9.21 Å². The van der Waals surface area contributed by atoms with E-state index in [2.05, 4.69) is 10.3 Å². The summed E-state index contributed by atoms with van der Waals surface area (Å²) in [6.45, 7) is 3.99. The summed E-state index contributed by atoms with van der Waals surface area (Å²) in [5.41, 5.74) is 3.12. The van der Waals surface area contributed by atoms with E-state index < -0.39 is 0 Å². The third-order valence-electron chi connectivity index (χ3n) is 4.40. The van der Waals surface area contributed by atoms with Crippen molar-refractivity contribution >= 4 is 29.1 Å². The van der Waals surface area contributed by atoms with E-state index in [4.69, 9.17) is 27.6 Å². The van der Waals surface area contributed by atoms with Gasteiger partial charge >= 0.3 is 0 Å². The first-order valence-electron chi connectivity index (χ1n) is 9.16. The lowest BCUT2D eigenvalue weighted by atomic mass is 10.1. The average Bonchev–Trinajstić information content (AvgIpc) is 3.12. The Morgan fingerprint density at radius 2 is 1.93 bits per heavy atom. The van der Waals surface area contributed by atoms with Gasteiger partial charge in [-0.15, -0.1) is 0 Å². The maximum absolute atomic E-state index is 12.2. The minimum Gasteiger partial charge on any atom is -0.441 e. The quantitative estimate of drug-likeness (QED) is 0.542. The number of oxazole rings is 1. The molecule has 6 heteroatoms. The number of hydrogen-bond acceptors (Lipinski definition) is 3. The van der Waals surface area contributed by atoms with Crippen molar-refractivity contribution in [1.29, 1.82) is 0 Å². The normalized spacial score (nSPS) is 12.0. The maximum atomic E-state index is 12.2. The van der Waals surface area contributed by atoms with Crippen LogP contribution in [0.3, 0.4) is 0 Å². The number of benzene rings is 2. The van der Waals surface area contributed by atoms with Crippen LogP contribution >= 0.6 is 23.2 Å². The van der Waals surface area contributed by atoms with Gasteiger partial charge in [0.2, 0.25) is 5.91 Å². The monoisotopic (exact) mass is 416 g/mol. The molecule has 0 saturated carbocycles. The van der Waals surface area contributed by atoms with E-state index in [-0.39, 0.29) is 11.9 Å². The molecule has 28 heavy (non-hydrogen) atoms. The summed E-state index contributed by atoms with van der Waals surface area (Å²) >= 11 is 12.1. The summed E-state index contributed by atoms with van der Waals surface area (Å²) in [6, 6.07) is 13.4. The Hall–Kier alpha value is -2.30. The molecule has 3 rings (SSSR count). The molecule has 0 saturated heterocycles. The summed E-state index contributed by atoms with van der Waals surface area (Å²) in [5.74, 6) is 1.22. The van der Waals surface area contributed by atoms with E-state index in [1.807, 2.05) is 44.2 Å². The molecule has 0 spiro atoms. The summed E-state index contributed by atoms with van der Waals surface area (Å²) in [4.78, 5) is 16.5. The SMILES string of the molecule is Cc1ccc(-c2cnc(CCC(=O)NC(C)Cc3ccc(Cl)cc3Cl)o2)cc1. The van der Waals surface area contributed by atoms with Crippen molar-refractivity contribution in [2.75, 3.05) is 0 Å². The lowest BCUT2D eigenvalue weighted by Gasteiger charge is -2.14. The van der Waals surface area contributed by atoms with E-state index in [1.165, 1.54) is 5.56 Å². The zero-order chi connectivity index (χ0) is 20.1. The van der Waals surface area contributed by atoms with Crippen molar-refractivity contribution in [3.63, 3.8) is 0 Å². The Morgan fingerprint density at radius 3 is 2.64 bits per heavy atom. The molecule has 1 atom stereocenters. The Bertz CT molecular complexity index is 951. The van der Waals surface area contributed by atoms with Crippen LogP contribution in [0.15, 0.2) is 53.1 Å². The van der Waals surface area contributed by atoms with Crippen molar-refractivity contribution in [3.8, 4) is 11.3 Å². The fourth-order valence-corrected chi connectivity index (χ4v) is 3.40. The van der Waals surface area contributed by atoms with Crippen LogP contribution in [0.4, 0.5) is 0 Å². The van der Waals surface area contributed by atoms with Gasteiger partial charge in [0.1, 0.15) is 0 Å². The Kier molecular flexibility index (Phi) is 6.76. The van der Waals surface area contributed by atoms with Gasteiger partial charge in [-0.3, -0.25) is 4.79 Å². The van der Waals surface area contributed by atoms with Crippen LogP contribution in [0.25, 0.3) is 11.3 Å². The second-order valence-corrected chi connectivity index (χ2v) is 7.74. The average molecular weight is 417 g/mol. The summed E-state index contributed by atoms with van der Waals surface area (Å²) < 4.78 is 5.77. The smallest absolute Gasteiger partial charge is 0.220 e. The molecule has 1 N–H and O–H groups in total. The topological polar surface area (TPSA) is 55.1 Å². The Labute approximate surface area is 174 Å². The highest BCUT2D eigenvalue weighted by molar-refractivity contribution is 6.35. The highest BCUT2D eigenvalue weighted by atomic mass is 35.5. The minimum absolute atomic E-state index is 0.0427. The van der Waals surface area contributed by atoms with Crippen LogP contribution in [0.5, 0.6) is 0 Å². The second kappa shape index (κ2) is 9.26. The first-order chi connectivity index (χ1) is 13.4. The van der Waals surface area contributed by atoms with Gasteiger partial charge in [0, 0.05) is 34.5 Å². The predicted molar refractivity (Wildman–Crippen MR) is 113 cm³/mol. The van der Waals surface area contributed by atoms with Gasteiger partial charge in [-0.25, -0.2) is 4.98 Å². The van der Waals surface area contributed by atoms with Crippen LogP contribution < -0.4 is 5.32 Å². The van der Waals surface area contributed by atoms with Crippen LogP contribution in [0, 0.1) is 6.92 Å². The lowest BCUT2D eigenvalue weighted by Crippen LogP contribution is -2.34. The van der Waals surface area contributed by atoms with Crippen molar-refractivity contribution in [2.24, 2.45) is 0 Å². The first kappa shape index (κ1) is 20.4. The van der Waals surface area contributed by atoms with Crippen molar-refractivity contribution in [2.45, 2.75) is 39.2 Å². The van der Waals surface area contributed by atoms with Gasteiger partial charge in [-0.1, -0.05) is 59.1 Å². The number of nitrogens with zero attached hydrogens (tertiary/aromatic N) is 1. The first-order valence-corrected chi connectivity index (χ1v) is 9.91. The summed E-state index contributed by atoms with van der Waals surface area (Å²) in [5, 5.41) is 4.19. The van der Waals surface area contributed by atoms with E-state index >= 15 is 0 Å². The van der Waals surface area contributed by atoms with Gasteiger partial charge in [-0.2, -0.15) is 0 Å². The standard InChI is InChI=1S/C22H22Cl2N2O2/c1-14-3-5-16(6-4-14)20-13-25-22(28-20)10-9-21(27)26-15(2)11-17-7-8-18(23)12-19(17)24/h3-8,12-13,15H,9-11H2,1-2H3,(H,26,27). The molecule has 1 heterocycles. The number of halogens is 2. The fourth-order valence-electron chi connectivity index (χ4n) is 2.91. The molecular weight excluding hydrogens is 395 g/mol. The molecule has 1 unspecified atom stereocenters. The molecule has 2 aromatic carbocycles. The van der Waals surface area contributed by atoms with E-state index in [1.54, 1.807) is 18.3 Å². The highest BCUT2D eigenvalue weighted by Gasteiger charge is 2.13. The molecule has 0 aliphatic rings. The maximum Gasteiger partial charge on any atom is 0.220 e. The summed E-state index contributed by atoms with van der Waals surface area (Å²) in [6.07, 6.45) is 3.10. The Morgan fingerprint density at radius 1 is 1.18 bits per heavy atom. The number of amides is 1. The molecule has 146 valence electrons. The lowest BCUT2D eigenvalue weighted by molar-refractivity contribution is -0.121. The van der Waals surface area contributed by atoms with Gasteiger partial charge < -0.3 is 9.73 Å². The van der Waals surface area contributed by atoms with Gasteiger partial charge in [0.25, 0.3) is 0 Å². The zero-order valence-electron chi connectivity index (χ0n) is 15.8. The van der Waals surface area contributed by atoms with Crippen LogP contribution in [0.2, 0.25) is 10.0 Å². The number of hydrogen-bond donors (Lipinski definition) is 1. The second-order valence-electron chi connectivity index (χ2n) is 6.89. The van der Waals surface area contributed by atoms with Crippen LogP contribution in [0.1, 0.15) is 30.4 Å². The van der Waals surface area contributed by atoms with E-state index in [0.29, 0.717) is 41.0 Å². The molecule has 0 aliphatic carbocycles. The molecule has 0 fully saturated rings. The largest absolute Gasteiger partial charge is 0.441 e. The molecule has 1 amide bonds. The van der Waals surface area contributed by atoms with Gasteiger partial charge in [0.15, 0.2) is 11.7 Å². The molecular formula is C22H22Cl2N2O2. The van der Waals surface area contributed by atoms with Crippen molar-refractivity contribution in [3.05, 3.63) is 75.7 Å². The number of aromatic nitrogens is 1. The van der Waals surface area contributed by atoms with E-state index in [9.17, 15) is 4.79 Å². The zero-order valence-corrected chi connectivity index (χ0v) is 17.3. The molecule has 4 nitrogen and oxygen atoms in total. The summed E-state index contributed by atoms with van der Waals surface area (Å²) in [7, 11) is 0. The number of aryl methyl sites for hydroxylation is 2. The van der Waals surface area contributed by atoms with Crippen LogP contribution in [-0.2, 0) is 17.6 Å². The van der Waals surface area contributed by atoms with Crippen molar-refractivity contribution in [1.82, 2.24) is 10.3 Å².